The summed E-state index contributed by atoms with van der Waals surface area (Å²) < 4.78 is 5.98. The van der Waals surface area contributed by atoms with Gasteiger partial charge in [0.25, 0.3) is 0 Å². The Kier molecular flexibility index (Phi) is 9.22. The van der Waals surface area contributed by atoms with Crippen molar-refractivity contribution in [3.63, 3.8) is 0 Å². The Bertz CT molecular complexity index is 476. The first-order valence-corrected chi connectivity index (χ1v) is 8.46. The van der Waals surface area contributed by atoms with Gasteiger partial charge in [-0.3, -0.25) is 4.79 Å². The average Bonchev–Trinajstić information content (AvgIpc) is 2.54. The molecule has 1 fully saturated rings. The number of anilines is 1. The van der Waals surface area contributed by atoms with E-state index in [-0.39, 0.29) is 18.3 Å². The number of benzene rings is 1. The summed E-state index contributed by atoms with van der Waals surface area (Å²) in [6.45, 7) is 2.63. The van der Waals surface area contributed by atoms with Crippen LogP contribution in [0, 0.1) is 0 Å². The molecule has 130 valence electrons. The summed E-state index contributed by atoms with van der Waals surface area (Å²) in [6, 6.07) is 7.40. The van der Waals surface area contributed by atoms with E-state index in [1.165, 1.54) is 32.1 Å². The van der Waals surface area contributed by atoms with Crippen molar-refractivity contribution in [1.82, 2.24) is 0 Å². The van der Waals surface area contributed by atoms with E-state index in [1.54, 1.807) is 0 Å². The Morgan fingerprint density at radius 2 is 2.09 bits per heavy atom. The van der Waals surface area contributed by atoms with Gasteiger partial charge >= 0.3 is 0 Å². The van der Waals surface area contributed by atoms with Gasteiger partial charge in [0.1, 0.15) is 0 Å². The monoisotopic (exact) mass is 340 g/mol. The third-order valence-corrected chi connectivity index (χ3v) is 4.17. The first kappa shape index (κ1) is 19.9. The smallest absolute Gasteiger partial charge is 0.241 e. The van der Waals surface area contributed by atoms with E-state index in [9.17, 15) is 4.79 Å². The molecule has 0 saturated heterocycles. The van der Waals surface area contributed by atoms with E-state index in [0.29, 0.717) is 19.1 Å². The van der Waals surface area contributed by atoms with E-state index in [2.05, 4.69) is 5.32 Å². The lowest BCUT2D eigenvalue weighted by Crippen LogP contribution is -2.35. The van der Waals surface area contributed by atoms with Gasteiger partial charge in [0.2, 0.25) is 5.91 Å². The van der Waals surface area contributed by atoms with Gasteiger partial charge in [0.15, 0.2) is 0 Å². The van der Waals surface area contributed by atoms with Crippen LogP contribution in [0.4, 0.5) is 5.69 Å². The molecular formula is C18H29ClN2O2. The van der Waals surface area contributed by atoms with E-state index >= 15 is 0 Å². The summed E-state index contributed by atoms with van der Waals surface area (Å²) in [5, 5.41) is 2.89. The predicted octanol–water partition coefficient (Wildman–Crippen LogP) is 4.02. The van der Waals surface area contributed by atoms with E-state index in [0.717, 1.165) is 17.7 Å². The molecule has 1 amide bonds. The summed E-state index contributed by atoms with van der Waals surface area (Å²) in [5.41, 5.74) is 7.72. The molecule has 2 rings (SSSR count). The maximum absolute atomic E-state index is 12.0. The minimum absolute atomic E-state index is 0. The summed E-state index contributed by atoms with van der Waals surface area (Å²) in [7, 11) is 0. The summed E-state index contributed by atoms with van der Waals surface area (Å²) in [4.78, 5) is 12.0. The lowest BCUT2D eigenvalue weighted by molar-refractivity contribution is -0.117. The van der Waals surface area contributed by atoms with Gasteiger partial charge in [-0.05, 0) is 37.0 Å². The largest absolute Gasteiger partial charge is 0.374 e. The molecule has 0 radical (unpaired) electrons. The van der Waals surface area contributed by atoms with Crippen molar-refractivity contribution >= 4 is 24.0 Å². The molecule has 1 saturated carbocycles. The first-order valence-electron chi connectivity index (χ1n) is 8.46. The molecule has 1 unspecified atom stereocenters. The predicted molar refractivity (Wildman–Crippen MR) is 96.9 cm³/mol. The summed E-state index contributed by atoms with van der Waals surface area (Å²) >= 11 is 0. The van der Waals surface area contributed by atoms with Crippen LogP contribution in [0.25, 0.3) is 0 Å². The summed E-state index contributed by atoms with van der Waals surface area (Å²) in [5.74, 6) is -0.118. The molecule has 1 aromatic carbocycles. The second-order valence-corrected chi connectivity index (χ2v) is 6.16. The van der Waals surface area contributed by atoms with Gasteiger partial charge in [-0.1, -0.05) is 44.7 Å². The third-order valence-electron chi connectivity index (χ3n) is 4.17. The highest BCUT2D eigenvalue weighted by Gasteiger charge is 2.14. The van der Waals surface area contributed by atoms with Crippen LogP contribution < -0.4 is 11.1 Å². The van der Waals surface area contributed by atoms with Crippen LogP contribution in [-0.2, 0) is 16.1 Å². The topological polar surface area (TPSA) is 64.4 Å². The molecule has 0 aliphatic heterocycles. The van der Waals surface area contributed by atoms with Crippen molar-refractivity contribution in [3.8, 4) is 0 Å². The number of carbonyl (C=O) groups is 1. The third kappa shape index (κ3) is 6.90. The van der Waals surface area contributed by atoms with Crippen LogP contribution in [-0.4, -0.2) is 18.1 Å². The van der Waals surface area contributed by atoms with Crippen molar-refractivity contribution in [1.29, 1.82) is 0 Å². The zero-order valence-electron chi connectivity index (χ0n) is 13.9. The van der Waals surface area contributed by atoms with Gasteiger partial charge in [0.05, 0.1) is 18.8 Å². The SMILES string of the molecule is CCCC(N)C(=O)Nc1cccc(COC2CCCCC2)c1.Cl. The van der Waals surface area contributed by atoms with E-state index in [4.69, 9.17) is 10.5 Å². The fourth-order valence-corrected chi connectivity index (χ4v) is 2.86. The lowest BCUT2D eigenvalue weighted by atomic mass is 9.98. The Hall–Kier alpha value is -1.10. The molecule has 0 heterocycles. The quantitative estimate of drug-likeness (QED) is 0.787. The van der Waals surface area contributed by atoms with Crippen molar-refractivity contribution in [2.45, 2.75) is 70.6 Å². The molecule has 3 N–H and O–H groups in total. The fraction of sp³-hybridized carbons (Fsp3) is 0.611. The maximum Gasteiger partial charge on any atom is 0.241 e. The fourth-order valence-electron chi connectivity index (χ4n) is 2.86. The molecular weight excluding hydrogens is 312 g/mol. The number of hydrogen-bond donors (Lipinski definition) is 2. The zero-order chi connectivity index (χ0) is 15.8. The number of rotatable bonds is 7. The number of halogens is 1. The highest BCUT2D eigenvalue weighted by molar-refractivity contribution is 5.94. The molecule has 0 bridgehead atoms. The van der Waals surface area contributed by atoms with Crippen molar-refractivity contribution in [3.05, 3.63) is 29.8 Å². The normalized spacial score (nSPS) is 16.4. The van der Waals surface area contributed by atoms with Crippen LogP contribution in [0.3, 0.4) is 0 Å². The Labute approximate surface area is 145 Å². The second kappa shape index (κ2) is 10.6. The number of hydrogen-bond acceptors (Lipinski definition) is 3. The standard InChI is InChI=1S/C18H28N2O2.ClH/c1-2-7-17(19)18(21)20-15-9-6-8-14(12-15)13-22-16-10-4-3-5-11-16;/h6,8-9,12,16-17H,2-5,7,10-11,13,19H2,1H3,(H,20,21);1H. The number of nitrogens with one attached hydrogen (secondary N) is 1. The van der Waals surface area contributed by atoms with Gasteiger partial charge in [0, 0.05) is 5.69 Å². The number of ether oxygens (including phenoxy) is 1. The van der Waals surface area contributed by atoms with Crippen LogP contribution in [0.5, 0.6) is 0 Å². The van der Waals surface area contributed by atoms with Gasteiger partial charge in [-0.25, -0.2) is 0 Å². The van der Waals surface area contributed by atoms with Gasteiger partial charge in [-0.2, -0.15) is 0 Å². The number of amides is 1. The Balaban J connectivity index is 0.00000264. The second-order valence-electron chi connectivity index (χ2n) is 6.16. The van der Waals surface area contributed by atoms with E-state index in [1.807, 2.05) is 31.2 Å². The molecule has 0 aromatic heterocycles. The van der Waals surface area contributed by atoms with Crippen molar-refractivity contribution in [2.24, 2.45) is 5.73 Å². The highest BCUT2D eigenvalue weighted by Crippen LogP contribution is 2.22. The molecule has 1 aliphatic carbocycles. The lowest BCUT2D eigenvalue weighted by Gasteiger charge is -2.22. The molecule has 23 heavy (non-hydrogen) atoms. The molecule has 1 atom stereocenters. The van der Waals surface area contributed by atoms with Gasteiger partial charge < -0.3 is 15.8 Å². The maximum atomic E-state index is 12.0. The Morgan fingerprint density at radius 3 is 2.78 bits per heavy atom. The number of carbonyl (C=O) groups excluding carboxylic acids is 1. The minimum Gasteiger partial charge on any atom is -0.374 e. The van der Waals surface area contributed by atoms with Crippen LogP contribution in [0.1, 0.15) is 57.4 Å². The molecule has 1 aliphatic rings. The molecule has 0 spiro atoms. The van der Waals surface area contributed by atoms with Crippen LogP contribution >= 0.6 is 12.4 Å². The zero-order valence-corrected chi connectivity index (χ0v) is 14.7. The van der Waals surface area contributed by atoms with E-state index < -0.39 is 6.04 Å². The summed E-state index contributed by atoms with van der Waals surface area (Å²) in [6.07, 6.45) is 8.22. The average molecular weight is 341 g/mol. The minimum atomic E-state index is -0.438. The Morgan fingerprint density at radius 1 is 1.35 bits per heavy atom. The van der Waals surface area contributed by atoms with Crippen LogP contribution in [0.2, 0.25) is 0 Å². The van der Waals surface area contributed by atoms with Gasteiger partial charge in [-0.15, -0.1) is 12.4 Å². The molecule has 1 aromatic rings. The van der Waals surface area contributed by atoms with Crippen LogP contribution in [0.15, 0.2) is 24.3 Å². The first-order chi connectivity index (χ1) is 10.7. The van der Waals surface area contributed by atoms with Crippen molar-refractivity contribution in [2.75, 3.05) is 5.32 Å². The molecule has 4 nitrogen and oxygen atoms in total. The number of nitrogens with two attached hydrogens (primary N) is 1. The highest BCUT2D eigenvalue weighted by atomic mass is 35.5. The molecule has 5 heteroatoms. The van der Waals surface area contributed by atoms with Crippen molar-refractivity contribution < 1.29 is 9.53 Å².